The van der Waals surface area contributed by atoms with Gasteiger partial charge in [0, 0.05) is 51.6 Å². The van der Waals surface area contributed by atoms with Crippen LogP contribution in [0.15, 0.2) is 29.3 Å². The number of rotatable bonds is 4. The summed E-state index contributed by atoms with van der Waals surface area (Å²) < 4.78 is 42.1. The molecule has 1 heterocycles. The number of alkyl halides is 3. The van der Waals surface area contributed by atoms with Crippen LogP contribution in [0.1, 0.15) is 31.7 Å². The first kappa shape index (κ1) is 20.3. The Labute approximate surface area is 162 Å². The molecule has 2 aliphatic rings. The summed E-state index contributed by atoms with van der Waals surface area (Å²) in [7, 11) is 0. The van der Waals surface area contributed by atoms with E-state index in [2.05, 4.69) is 19.9 Å². The number of hydrogen-bond acceptors (Lipinski definition) is 3. The summed E-state index contributed by atoms with van der Waals surface area (Å²) in [4.78, 5) is 19.9. The van der Waals surface area contributed by atoms with Crippen molar-refractivity contribution >= 4 is 11.9 Å². The highest BCUT2D eigenvalue weighted by atomic mass is 19.4. The maximum atomic E-state index is 12.7. The third-order valence-corrected chi connectivity index (χ3v) is 4.98. The van der Waals surface area contributed by atoms with Crippen molar-refractivity contribution in [3.8, 4) is 5.75 Å². The van der Waals surface area contributed by atoms with Crippen LogP contribution in [0.2, 0.25) is 0 Å². The van der Waals surface area contributed by atoms with E-state index in [0.717, 1.165) is 5.96 Å². The number of guanidine groups is 1. The van der Waals surface area contributed by atoms with Crippen LogP contribution in [-0.2, 0) is 4.79 Å². The summed E-state index contributed by atoms with van der Waals surface area (Å²) in [5.74, 6) is 0.602. The Balaban J connectivity index is 1.63. The van der Waals surface area contributed by atoms with Crippen LogP contribution in [0.3, 0.4) is 0 Å². The van der Waals surface area contributed by atoms with Gasteiger partial charge in [0.1, 0.15) is 5.75 Å². The van der Waals surface area contributed by atoms with E-state index in [1.54, 1.807) is 24.0 Å². The highest BCUT2D eigenvalue weighted by Gasteiger charge is 2.43. The molecular weight excluding hydrogens is 373 g/mol. The number of para-hydroxylation sites is 1. The first-order chi connectivity index (χ1) is 13.3. The van der Waals surface area contributed by atoms with Crippen molar-refractivity contribution in [3.63, 3.8) is 0 Å². The van der Waals surface area contributed by atoms with Crippen LogP contribution in [0.4, 0.5) is 13.2 Å². The number of halogens is 3. The molecule has 3 rings (SSSR count). The summed E-state index contributed by atoms with van der Waals surface area (Å²) in [6, 6.07) is 6.29. The zero-order valence-corrected chi connectivity index (χ0v) is 16.0. The Morgan fingerprint density at radius 3 is 2.46 bits per heavy atom. The molecule has 0 aromatic heterocycles. The van der Waals surface area contributed by atoms with Crippen LogP contribution in [0.25, 0.3) is 0 Å². The van der Waals surface area contributed by atoms with Crippen LogP contribution >= 0.6 is 0 Å². The maximum Gasteiger partial charge on any atom is 0.573 e. The van der Waals surface area contributed by atoms with Gasteiger partial charge in [0.25, 0.3) is 0 Å². The van der Waals surface area contributed by atoms with Gasteiger partial charge in [0.2, 0.25) is 5.91 Å². The number of hydrogen-bond donors (Lipinski definition) is 1. The minimum atomic E-state index is -4.71. The van der Waals surface area contributed by atoms with E-state index in [9.17, 15) is 18.0 Å². The molecule has 1 saturated heterocycles. The minimum absolute atomic E-state index is 0.00844. The van der Waals surface area contributed by atoms with Crippen molar-refractivity contribution in [2.45, 2.75) is 38.6 Å². The predicted molar refractivity (Wildman–Crippen MR) is 99.2 cm³/mol. The molecule has 1 aromatic rings. The number of nitrogens with zero attached hydrogens (tertiary/aromatic N) is 3. The number of ether oxygens (including phenoxy) is 1. The van der Waals surface area contributed by atoms with Gasteiger partial charge in [0.05, 0.1) is 0 Å². The molecule has 0 bridgehead atoms. The zero-order valence-electron chi connectivity index (χ0n) is 16.0. The summed E-state index contributed by atoms with van der Waals surface area (Å²) in [5.41, 5.74) is 0.551. The summed E-state index contributed by atoms with van der Waals surface area (Å²) in [5, 5.41) is 3.38. The molecule has 1 aliphatic carbocycles. The second-order valence-electron chi connectivity index (χ2n) is 6.97. The Morgan fingerprint density at radius 2 is 1.86 bits per heavy atom. The van der Waals surface area contributed by atoms with Crippen molar-refractivity contribution in [1.29, 1.82) is 0 Å². The molecule has 0 radical (unpaired) electrons. The average molecular weight is 398 g/mol. The highest BCUT2D eigenvalue weighted by molar-refractivity contribution is 5.81. The second-order valence-corrected chi connectivity index (χ2v) is 6.97. The SMILES string of the molecule is CCN=C(NC1CC1c1ccccc1OC(F)(F)F)N1CCN(C(C)=O)CC1. The quantitative estimate of drug-likeness (QED) is 0.626. The third-order valence-electron chi connectivity index (χ3n) is 4.98. The Morgan fingerprint density at radius 1 is 1.21 bits per heavy atom. The maximum absolute atomic E-state index is 12.7. The normalized spacial score (nSPS) is 22.8. The van der Waals surface area contributed by atoms with E-state index in [-0.39, 0.29) is 23.6 Å². The number of piperazine rings is 1. The first-order valence-electron chi connectivity index (χ1n) is 9.44. The van der Waals surface area contributed by atoms with E-state index >= 15 is 0 Å². The Kier molecular flexibility index (Phi) is 6.00. The van der Waals surface area contributed by atoms with E-state index in [4.69, 9.17) is 0 Å². The molecule has 1 N–H and O–H groups in total. The fourth-order valence-corrected chi connectivity index (χ4v) is 3.49. The molecule has 2 unspecified atom stereocenters. The number of benzene rings is 1. The van der Waals surface area contributed by atoms with E-state index in [1.165, 1.54) is 12.1 Å². The fourth-order valence-electron chi connectivity index (χ4n) is 3.49. The lowest BCUT2D eigenvalue weighted by atomic mass is 10.1. The summed E-state index contributed by atoms with van der Waals surface area (Å²) in [6.07, 6.45) is -3.99. The summed E-state index contributed by atoms with van der Waals surface area (Å²) >= 11 is 0. The molecule has 1 amide bonds. The Hall–Kier alpha value is -2.45. The topological polar surface area (TPSA) is 57.2 Å². The molecular formula is C19H25F3N4O2. The van der Waals surface area contributed by atoms with Crippen LogP contribution in [0.5, 0.6) is 5.75 Å². The van der Waals surface area contributed by atoms with Gasteiger partial charge in [-0.2, -0.15) is 0 Å². The van der Waals surface area contributed by atoms with E-state index < -0.39 is 6.36 Å². The molecule has 154 valence electrons. The Bertz CT molecular complexity index is 730. The van der Waals surface area contributed by atoms with Crippen molar-refractivity contribution in [3.05, 3.63) is 29.8 Å². The lowest BCUT2D eigenvalue weighted by Crippen LogP contribution is -2.53. The number of amides is 1. The van der Waals surface area contributed by atoms with Gasteiger partial charge in [-0.1, -0.05) is 18.2 Å². The van der Waals surface area contributed by atoms with Crippen LogP contribution in [0, 0.1) is 0 Å². The van der Waals surface area contributed by atoms with Crippen LogP contribution < -0.4 is 10.1 Å². The van der Waals surface area contributed by atoms with Crippen molar-refractivity contribution in [2.75, 3.05) is 32.7 Å². The largest absolute Gasteiger partial charge is 0.573 e. The first-order valence-corrected chi connectivity index (χ1v) is 9.44. The molecule has 1 aliphatic heterocycles. The molecule has 1 aromatic carbocycles. The van der Waals surface area contributed by atoms with Gasteiger partial charge in [-0.25, -0.2) is 0 Å². The number of carbonyl (C=O) groups is 1. The van der Waals surface area contributed by atoms with Crippen molar-refractivity contribution in [2.24, 2.45) is 4.99 Å². The van der Waals surface area contributed by atoms with Gasteiger partial charge in [-0.15, -0.1) is 13.2 Å². The van der Waals surface area contributed by atoms with Crippen molar-refractivity contribution < 1.29 is 22.7 Å². The minimum Gasteiger partial charge on any atom is -0.405 e. The van der Waals surface area contributed by atoms with Gasteiger partial charge < -0.3 is 19.9 Å². The number of carbonyl (C=O) groups excluding carboxylic acids is 1. The summed E-state index contributed by atoms with van der Waals surface area (Å²) in [6.45, 7) is 6.72. The van der Waals surface area contributed by atoms with Gasteiger partial charge in [0.15, 0.2) is 5.96 Å². The molecule has 9 heteroatoms. The third kappa shape index (κ3) is 5.08. The monoisotopic (exact) mass is 398 g/mol. The van der Waals surface area contributed by atoms with E-state index in [1.807, 2.05) is 6.92 Å². The standard InChI is InChI=1S/C19H25F3N4O2/c1-3-23-18(26-10-8-25(9-11-26)13(2)27)24-16-12-15(16)14-6-4-5-7-17(14)28-19(20,21)22/h4-7,15-16H,3,8-12H2,1-2H3,(H,23,24). The average Bonchev–Trinajstić information content (AvgIpc) is 3.39. The fraction of sp³-hybridized carbons (Fsp3) is 0.579. The van der Waals surface area contributed by atoms with Gasteiger partial charge >= 0.3 is 6.36 Å². The molecule has 1 saturated carbocycles. The number of aliphatic imine (C=N–C) groups is 1. The predicted octanol–water partition coefficient (Wildman–Crippen LogP) is 2.57. The molecule has 28 heavy (non-hydrogen) atoms. The smallest absolute Gasteiger partial charge is 0.405 e. The molecule has 2 atom stereocenters. The molecule has 6 nitrogen and oxygen atoms in total. The highest BCUT2D eigenvalue weighted by Crippen LogP contribution is 2.45. The molecule has 0 spiro atoms. The van der Waals surface area contributed by atoms with E-state index in [0.29, 0.717) is 44.7 Å². The zero-order chi connectivity index (χ0) is 20.3. The van der Waals surface area contributed by atoms with Gasteiger partial charge in [-0.3, -0.25) is 9.79 Å². The van der Waals surface area contributed by atoms with Crippen LogP contribution in [-0.4, -0.2) is 66.8 Å². The lowest BCUT2D eigenvalue weighted by Gasteiger charge is -2.36. The van der Waals surface area contributed by atoms with Gasteiger partial charge in [-0.05, 0) is 25.0 Å². The lowest BCUT2D eigenvalue weighted by molar-refractivity contribution is -0.274. The van der Waals surface area contributed by atoms with Crippen molar-refractivity contribution in [1.82, 2.24) is 15.1 Å². The number of nitrogens with one attached hydrogen (secondary N) is 1. The molecule has 2 fully saturated rings. The second kappa shape index (κ2) is 8.28.